The Kier molecular flexibility index (Phi) is 8.01. The molecule has 0 amide bonds. The molecule has 31 heavy (non-hydrogen) atoms. The lowest BCUT2D eigenvalue weighted by atomic mass is 9.82. The molecule has 6 heteroatoms. The maximum absolute atomic E-state index is 10.2. The largest absolute Gasteiger partial charge is 0.506 e. The van der Waals surface area contributed by atoms with Gasteiger partial charge in [-0.1, -0.05) is 30.9 Å². The second kappa shape index (κ2) is 10.3. The highest BCUT2D eigenvalue weighted by atomic mass is 35.5. The predicted molar refractivity (Wildman–Crippen MR) is 129 cm³/mol. The Labute approximate surface area is 196 Å². The Morgan fingerprint density at radius 3 is 2.39 bits per heavy atom. The summed E-state index contributed by atoms with van der Waals surface area (Å²) in [5.74, 6) is 2.59. The number of phenolic OH excluding ortho intramolecular Hbond substituents is 1. The van der Waals surface area contributed by atoms with E-state index in [0.29, 0.717) is 10.9 Å². The summed E-state index contributed by atoms with van der Waals surface area (Å²) in [4.78, 5) is 2.34. The Balaban J connectivity index is 0.00000272. The number of ether oxygens (including phenoxy) is 2. The molecule has 1 N–H and O–H groups in total. The zero-order valence-electron chi connectivity index (χ0n) is 18.6. The zero-order valence-corrected chi connectivity index (χ0v) is 20.2. The van der Waals surface area contributed by atoms with Crippen LogP contribution >= 0.6 is 24.0 Å². The molecular formula is C25H33Cl2NO3. The van der Waals surface area contributed by atoms with Gasteiger partial charge in [0.15, 0.2) is 0 Å². The molecule has 0 aromatic heterocycles. The summed E-state index contributed by atoms with van der Waals surface area (Å²) >= 11 is 6.17. The molecule has 0 saturated heterocycles. The van der Waals surface area contributed by atoms with Crippen molar-refractivity contribution in [2.45, 2.75) is 56.9 Å². The van der Waals surface area contributed by atoms with Gasteiger partial charge in [-0.3, -0.25) is 4.90 Å². The average Bonchev–Trinajstić information content (AvgIpc) is 2.77. The van der Waals surface area contributed by atoms with Crippen LogP contribution in [-0.2, 0) is 12.8 Å². The van der Waals surface area contributed by atoms with Gasteiger partial charge in [0.2, 0.25) is 0 Å². The van der Waals surface area contributed by atoms with Crippen LogP contribution in [0.15, 0.2) is 24.3 Å². The van der Waals surface area contributed by atoms with E-state index >= 15 is 0 Å². The Morgan fingerprint density at radius 1 is 1.00 bits per heavy atom. The summed E-state index contributed by atoms with van der Waals surface area (Å²) in [7, 11) is 5.65. The SMILES string of the molecule is COc1cc(C2CCCCC2)c(OC)cc1CC1c2cc(O)c(Cl)cc2CCN1C.Cl. The second-order valence-corrected chi connectivity index (χ2v) is 9.10. The van der Waals surface area contributed by atoms with Crippen LogP contribution in [0.2, 0.25) is 5.02 Å². The summed E-state index contributed by atoms with van der Waals surface area (Å²) in [5.41, 5.74) is 4.77. The van der Waals surface area contributed by atoms with Gasteiger partial charge in [0.25, 0.3) is 0 Å². The summed E-state index contributed by atoms with van der Waals surface area (Å²) in [6.07, 6.45) is 8.06. The van der Waals surface area contributed by atoms with Crippen molar-refractivity contribution >= 4 is 24.0 Å². The molecule has 1 atom stereocenters. The predicted octanol–water partition coefficient (Wildman–Crippen LogP) is 6.30. The minimum atomic E-state index is 0. The number of hydrogen-bond acceptors (Lipinski definition) is 4. The van der Waals surface area contributed by atoms with Crippen molar-refractivity contribution in [1.82, 2.24) is 4.90 Å². The molecule has 2 aromatic rings. The van der Waals surface area contributed by atoms with Crippen LogP contribution in [0.3, 0.4) is 0 Å². The first-order chi connectivity index (χ1) is 14.5. The molecule has 0 spiro atoms. The summed E-state index contributed by atoms with van der Waals surface area (Å²) < 4.78 is 11.7. The summed E-state index contributed by atoms with van der Waals surface area (Å²) in [6.45, 7) is 0.957. The monoisotopic (exact) mass is 465 g/mol. The molecule has 1 aliphatic carbocycles. The lowest BCUT2D eigenvalue weighted by Gasteiger charge is -2.35. The van der Waals surface area contributed by atoms with Gasteiger partial charge in [0.05, 0.1) is 19.2 Å². The van der Waals surface area contributed by atoms with Crippen molar-refractivity contribution in [2.75, 3.05) is 27.8 Å². The number of methoxy groups -OCH3 is 2. The first-order valence-electron chi connectivity index (χ1n) is 11.0. The Morgan fingerprint density at radius 2 is 1.71 bits per heavy atom. The molecule has 0 radical (unpaired) electrons. The summed E-state index contributed by atoms with van der Waals surface area (Å²) in [6, 6.07) is 8.26. The van der Waals surface area contributed by atoms with Crippen LogP contribution < -0.4 is 9.47 Å². The van der Waals surface area contributed by atoms with Crippen LogP contribution in [-0.4, -0.2) is 37.8 Å². The van der Waals surface area contributed by atoms with Crippen LogP contribution in [0.1, 0.15) is 66.3 Å². The van der Waals surface area contributed by atoms with Gasteiger partial charge in [-0.2, -0.15) is 0 Å². The van der Waals surface area contributed by atoms with E-state index in [4.69, 9.17) is 21.1 Å². The Bertz CT molecular complexity index is 912. The minimum Gasteiger partial charge on any atom is -0.506 e. The van der Waals surface area contributed by atoms with Gasteiger partial charge >= 0.3 is 0 Å². The highest BCUT2D eigenvalue weighted by Crippen LogP contribution is 2.43. The lowest BCUT2D eigenvalue weighted by molar-refractivity contribution is 0.227. The molecule has 2 aliphatic rings. The van der Waals surface area contributed by atoms with Crippen LogP contribution in [0.25, 0.3) is 0 Å². The molecule has 2 aromatic carbocycles. The fraction of sp³-hybridized carbons (Fsp3) is 0.520. The second-order valence-electron chi connectivity index (χ2n) is 8.69. The number of likely N-dealkylation sites (N-methyl/N-ethyl adjacent to an activating group) is 1. The molecule has 0 bridgehead atoms. The Hall–Kier alpha value is -1.62. The number of aromatic hydroxyl groups is 1. The number of rotatable bonds is 5. The molecule has 1 heterocycles. The maximum Gasteiger partial charge on any atom is 0.134 e. The third kappa shape index (κ3) is 4.92. The van der Waals surface area contributed by atoms with Gasteiger partial charge in [-0.15, -0.1) is 12.4 Å². The standard InChI is InChI=1S/C25H32ClNO3.ClH/c1-27-10-9-17-11-21(26)23(28)14-19(17)22(27)12-18-13-25(30-3)20(15-24(18)29-2)16-7-5-4-6-8-16;/h11,13-16,22,28H,4-10,12H2,1-3H3;1H. The fourth-order valence-corrected chi connectivity index (χ4v) is 5.37. The van der Waals surface area contributed by atoms with Crippen molar-refractivity contribution in [3.63, 3.8) is 0 Å². The lowest BCUT2D eigenvalue weighted by Crippen LogP contribution is -2.33. The first-order valence-corrected chi connectivity index (χ1v) is 11.4. The van der Waals surface area contributed by atoms with Crippen molar-refractivity contribution in [2.24, 2.45) is 0 Å². The summed E-state index contributed by atoms with van der Waals surface area (Å²) in [5, 5.41) is 10.6. The van der Waals surface area contributed by atoms with Crippen molar-refractivity contribution in [3.8, 4) is 17.2 Å². The van der Waals surface area contributed by atoms with Gasteiger partial charge in [0, 0.05) is 18.2 Å². The van der Waals surface area contributed by atoms with E-state index in [1.54, 1.807) is 14.2 Å². The van der Waals surface area contributed by atoms with Crippen LogP contribution in [0.4, 0.5) is 0 Å². The number of benzene rings is 2. The maximum atomic E-state index is 10.2. The van der Waals surface area contributed by atoms with E-state index in [-0.39, 0.29) is 24.2 Å². The van der Waals surface area contributed by atoms with E-state index in [1.165, 1.54) is 43.2 Å². The average molecular weight is 466 g/mol. The number of hydrogen-bond donors (Lipinski definition) is 1. The normalized spacial score (nSPS) is 19.4. The first kappa shape index (κ1) is 24.0. The van der Waals surface area contributed by atoms with Crippen molar-refractivity contribution < 1.29 is 14.6 Å². The van der Waals surface area contributed by atoms with Crippen molar-refractivity contribution in [1.29, 1.82) is 0 Å². The molecule has 4 nitrogen and oxygen atoms in total. The topological polar surface area (TPSA) is 41.9 Å². The molecular weight excluding hydrogens is 433 g/mol. The molecule has 170 valence electrons. The van der Waals surface area contributed by atoms with Crippen molar-refractivity contribution in [3.05, 3.63) is 51.5 Å². The van der Waals surface area contributed by atoms with Gasteiger partial charge < -0.3 is 14.6 Å². The van der Waals surface area contributed by atoms with E-state index in [2.05, 4.69) is 24.1 Å². The van der Waals surface area contributed by atoms with E-state index < -0.39 is 0 Å². The van der Waals surface area contributed by atoms with E-state index in [0.717, 1.165) is 42.0 Å². The third-order valence-corrected chi connectivity index (χ3v) is 7.23. The van der Waals surface area contributed by atoms with Gasteiger partial charge in [-0.05, 0) is 79.6 Å². The number of nitrogens with zero attached hydrogens (tertiary/aromatic N) is 1. The van der Waals surface area contributed by atoms with Gasteiger partial charge in [0.1, 0.15) is 17.2 Å². The van der Waals surface area contributed by atoms with E-state index in [9.17, 15) is 5.11 Å². The zero-order chi connectivity index (χ0) is 21.3. The highest BCUT2D eigenvalue weighted by Gasteiger charge is 2.28. The number of phenols is 1. The molecule has 1 saturated carbocycles. The van der Waals surface area contributed by atoms with Crippen LogP contribution in [0.5, 0.6) is 17.2 Å². The quantitative estimate of drug-likeness (QED) is 0.561. The molecule has 1 fully saturated rings. The third-order valence-electron chi connectivity index (χ3n) is 6.92. The highest BCUT2D eigenvalue weighted by molar-refractivity contribution is 6.32. The fourth-order valence-electron chi connectivity index (χ4n) is 5.19. The van der Waals surface area contributed by atoms with Crippen LogP contribution in [0, 0.1) is 0 Å². The molecule has 1 unspecified atom stereocenters. The minimum absolute atomic E-state index is 0. The van der Waals surface area contributed by atoms with E-state index in [1.807, 2.05) is 12.1 Å². The number of fused-ring (bicyclic) bond motifs is 1. The molecule has 1 aliphatic heterocycles. The molecule has 4 rings (SSSR count). The number of halogens is 2. The van der Waals surface area contributed by atoms with Gasteiger partial charge in [-0.25, -0.2) is 0 Å². The smallest absolute Gasteiger partial charge is 0.134 e.